The van der Waals surface area contributed by atoms with Crippen LogP contribution < -0.4 is 10.3 Å². The fourth-order valence-electron chi connectivity index (χ4n) is 4.22. The molecule has 0 radical (unpaired) electrons. The summed E-state index contributed by atoms with van der Waals surface area (Å²) in [6.45, 7) is 4.51. The van der Waals surface area contributed by atoms with Gasteiger partial charge in [0, 0.05) is 30.5 Å². The van der Waals surface area contributed by atoms with E-state index in [4.69, 9.17) is 14.8 Å². The molecule has 4 aromatic carbocycles. The molecule has 0 saturated heterocycles. The Hall–Kier alpha value is -2.81. The predicted molar refractivity (Wildman–Crippen MR) is 166 cm³/mol. The van der Waals surface area contributed by atoms with E-state index in [-0.39, 0.29) is 11.5 Å². The van der Waals surface area contributed by atoms with Gasteiger partial charge in [-0.05, 0) is 53.6 Å². The number of halogens is 3. The average molecular weight is 698 g/mol. The highest BCUT2D eigenvalue weighted by atomic mass is 79.9. The Morgan fingerprint density at radius 2 is 1.74 bits per heavy atom. The lowest BCUT2D eigenvalue weighted by Crippen LogP contribution is -2.23. The van der Waals surface area contributed by atoms with Crippen LogP contribution in [0, 0.1) is 0 Å². The topological polar surface area (TPSA) is 56.5 Å². The second-order valence-corrected chi connectivity index (χ2v) is 11.7. The molecule has 0 unspecified atom stereocenters. The zero-order chi connectivity index (χ0) is 26.8. The standard InChI is InChI=1S/C30H24Br3N3O2/c1-3-18(2)29-35-27-12-11-21(31)14-24(27)30(37)36(29)34-16-25-23-7-5-4-6-19(23)9-13-28(25)38-17-20-8-10-22(32)15-26(20)33/h4-16,18H,3,17H2,1-2H3/t18-/m1/s1. The number of benzene rings is 4. The molecule has 5 nitrogen and oxygen atoms in total. The van der Waals surface area contributed by atoms with Gasteiger partial charge in [0.2, 0.25) is 0 Å². The Kier molecular flexibility index (Phi) is 8.12. The van der Waals surface area contributed by atoms with Gasteiger partial charge >= 0.3 is 0 Å². The summed E-state index contributed by atoms with van der Waals surface area (Å²) in [4.78, 5) is 18.4. The Morgan fingerprint density at radius 3 is 2.53 bits per heavy atom. The van der Waals surface area contributed by atoms with Crippen molar-refractivity contribution in [3.63, 3.8) is 0 Å². The van der Waals surface area contributed by atoms with Crippen molar-refractivity contribution < 1.29 is 4.74 Å². The Balaban J connectivity index is 1.63. The molecule has 0 fully saturated rings. The largest absolute Gasteiger partial charge is 0.488 e. The first-order chi connectivity index (χ1) is 18.4. The van der Waals surface area contributed by atoms with E-state index < -0.39 is 0 Å². The van der Waals surface area contributed by atoms with Crippen molar-refractivity contribution in [3.05, 3.63) is 114 Å². The van der Waals surface area contributed by atoms with E-state index in [0.717, 1.165) is 41.7 Å². The summed E-state index contributed by atoms with van der Waals surface area (Å²) in [5.74, 6) is 1.35. The van der Waals surface area contributed by atoms with Crippen LogP contribution in [0.1, 0.15) is 43.1 Å². The molecule has 8 heteroatoms. The van der Waals surface area contributed by atoms with Gasteiger partial charge in [0.1, 0.15) is 18.2 Å². The third-order valence-corrected chi connectivity index (χ3v) is 8.24. The maximum Gasteiger partial charge on any atom is 0.282 e. The molecule has 192 valence electrons. The maximum atomic E-state index is 13.6. The lowest BCUT2D eigenvalue weighted by Gasteiger charge is -2.15. The van der Waals surface area contributed by atoms with Crippen LogP contribution in [0.3, 0.4) is 0 Å². The van der Waals surface area contributed by atoms with Gasteiger partial charge in [-0.2, -0.15) is 9.78 Å². The molecule has 0 bridgehead atoms. The normalized spacial score (nSPS) is 12.4. The average Bonchev–Trinajstić information content (AvgIpc) is 2.92. The van der Waals surface area contributed by atoms with E-state index in [1.807, 2.05) is 66.7 Å². The molecule has 0 saturated carbocycles. The number of ether oxygens (including phenoxy) is 1. The molecule has 0 aliphatic carbocycles. The second-order valence-electron chi connectivity index (χ2n) is 9.03. The first kappa shape index (κ1) is 26.8. The summed E-state index contributed by atoms with van der Waals surface area (Å²) >= 11 is 10.6. The Bertz CT molecular complexity index is 1750. The molecule has 1 heterocycles. The van der Waals surface area contributed by atoms with Crippen molar-refractivity contribution >= 4 is 75.7 Å². The first-order valence-electron chi connectivity index (χ1n) is 12.2. The minimum absolute atomic E-state index is 0.0471. The van der Waals surface area contributed by atoms with Crippen LogP contribution in [0.25, 0.3) is 21.7 Å². The van der Waals surface area contributed by atoms with Gasteiger partial charge in [0.05, 0.1) is 17.1 Å². The minimum atomic E-state index is -0.204. The molecular formula is C30H24Br3N3O2. The summed E-state index contributed by atoms with van der Waals surface area (Å²) in [6.07, 6.45) is 2.54. The molecule has 0 N–H and O–H groups in total. The van der Waals surface area contributed by atoms with Crippen LogP contribution in [0.15, 0.2) is 96.1 Å². The molecule has 0 spiro atoms. The molecule has 0 amide bonds. The molecule has 0 aliphatic heterocycles. The molecule has 5 aromatic rings. The van der Waals surface area contributed by atoms with Crippen LogP contribution in [0.2, 0.25) is 0 Å². The smallest absolute Gasteiger partial charge is 0.282 e. The van der Waals surface area contributed by atoms with Gasteiger partial charge in [0.25, 0.3) is 5.56 Å². The highest BCUT2D eigenvalue weighted by Crippen LogP contribution is 2.29. The highest BCUT2D eigenvalue weighted by Gasteiger charge is 2.16. The second kappa shape index (κ2) is 11.5. The van der Waals surface area contributed by atoms with Crippen molar-refractivity contribution in [2.75, 3.05) is 0 Å². The zero-order valence-electron chi connectivity index (χ0n) is 20.8. The predicted octanol–water partition coefficient (Wildman–Crippen LogP) is 8.81. The molecular weight excluding hydrogens is 674 g/mol. The number of hydrogen-bond donors (Lipinski definition) is 0. The van der Waals surface area contributed by atoms with Crippen molar-refractivity contribution in [2.24, 2.45) is 5.10 Å². The van der Waals surface area contributed by atoms with Gasteiger partial charge in [-0.15, -0.1) is 0 Å². The number of hydrogen-bond acceptors (Lipinski definition) is 4. The molecule has 38 heavy (non-hydrogen) atoms. The van der Waals surface area contributed by atoms with E-state index in [0.29, 0.717) is 29.1 Å². The van der Waals surface area contributed by atoms with Crippen molar-refractivity contribution in [2.45, 2.75) is 32.8 Å². The minimum Gasteiger partial charge on any atom is -0.488 e. The Labute approximate surface area is 245 Å². The number of aromatic nitrogens is 2. The SMILES string of the molecule is CC[C@@H](C)c1nc2ccc(Br)cc2c(=O)n1N=Cc1c(OCc2ccc(Br)cc2Br)ccc2ccccc12. The van der Waals surface area contributed by atoms with Crippen LogP contribution >= 0.6 is 47.8 Å². The summed E-state index contributed by atoms with van der Waals surface area (Å²) in [5.41, 5.74) is 2.27. The van der Waals surface area contributed by atoms with E-state index in [2.05, 4.69) is 61.6 Å². The number of rotatable bonds is 7. The fourth-order valence-corrected chi connectivity index (χ4v) is 5.75. The van der Waals surface area contributed by atoms with Crippen LogP contribution in [0.5, 0.6) is 5.75 Å². The summed E-state index contributed by atoms with van der Waals surface area (Å²) in [6, 6.07) is 23.6. The van der Waals surface area contributed by atoms with Crippen LogP contribution in [0.4, 0.5) is 0 Å². The monoisotopic (exact) mass is 695 g/mol. The number of nitrogens with zero attached hydrogens (tertiary/aromatic N) is 3. The van der Waals surface area contributed by atoms with Gasteiger partial charge in [-0.3, -0.25) is 4.79 Å². The summed E-state index contributed by atoms with van der Waals surface area (Å²) < 4.78 is 10.5. The zero-order valence-corrected chi connectivity index (χ0v) is 25.5. The van der Waals surface area contributed by atoms with E-state index >= 15 is 0 Å². The van der Waals surface area contributed by atoms with Crippen molar-refractivity contribution in [1.82, 2.24) is 9.66 Å². The molecule has 5 rings (SSSR count). The van der Waals surface area contributed by atoms with Gasteiger partial charge in [-0.25, -0.2) is 4.98 Å². The van der Waals surface area contributed by atoms with Gasteiger partial charge in [-0.1, -0.05) is 98.0 Å². The first-order valence-corrected chi connectivity index (χ1v) is 14.6. The fraction of sp³-hybridized carbons (Fsp3) is 0.167. The summed E-state index contributed by atoms with van der Waals surface area (Å²) in [5, 5.41) is 7.28. The van der Waals surface area contributed by atoms with E-state index in [1.165, 1.54) is 4.68 Å². The lowest BCUT2D eigenvalue weighted by molar-refractivity contribution is 0.305. The van der Waals surface area contributed by atoms with Gasteiger partial charge < -0.3 is 4.74 Å². The third-order valence-electron chi connectivity index (χ3n) is 6.52. The van der Waals surface area contributed by atoms with Crippen molar-refractivity contribution in [3.8, 4) is 5.75 Å². The molecule has 1 atom stereocenters. The van der Waals surface area contributed by atoms with E-state index in [1.54, 1.807) is 12.3 Å². The Morgan fingerprint density at radius 1 is 0.974 bits per heavy atom. The maximum absolute atomic E-state index is 13.6. The highest BCUT2D eigenvalue weighted by molar-refractivity contribution is 9.11. The molecule has 0 aliphatic rings. The van der Waals surface area contributed by atoms with Gasteiger partial charge in [0.15, 0.2) is 0 Å². The molecule has 1 aromatic heterocycles. The lowest BCUT2D eigenvalue weighted by atomic mass is 10.0. The summed E-state index contributed by atoms with van der Waals surface area (Å²) in [7, 11) is 0. The van der Waals surface area contributed by atoms with Crippen molar-refractivity contribution in [1.29, 1.82) is 0 Å². The van der Waals surface area contributed by atoms with E-state index in [9.17, 15) is 4.79 Å². The van der Waals surface area contributed by atoms with Crippen LogP contribution in [-0.2, 0) is 6.61 Å². The number of fused-ring (bicyclic) bond motifs is 2. The quantitative estimate of drug-likeness (QED) is 0.160. The third kappa shape index (κ3) is 5.48. The van der Waals surface area contributed by atoms with Crippen LogP contribution in [-0.4, -0.2) is 15.9 Å².